The number of benzene rings is 2. The number of carbonyl (C=O) groups is 1. The minimum absolute atomic E-state index is 0.136. The molecule has 0 bridgehead atoms. The zero-order valence-corrected chi connectivity index (χ0v) is 11.6. The van der Waals surface area contributed by atoms with Crippen molar-refractivity contribution in [2.75, 3.05) is 6.54 Å². The highest BCUT2D eigenvalue weighted by Crippen LogP contribution is 2.13. The van der Waals surface area contributed by atoms with Gasteiger partial charge in [-0.05, 0) is 24.1 Å². The molecule has 2 rings (SSSR count). The van der Waals surface area contributed by atoms with Crippen LogP contribution in [0, 0.1) is 5.82 Å². The van der Waals surface area contributed by atoms with Gasteiger partial charge in [0.1, 0.15) is 5.82 Å². The zero-order valence-electron chi connectivity index (χ0n) is 11.6. The lowest BCUT2D eigenvalue weighted by atomic mass is 10.1. The molecule has 104 valence electrons. The average molecular weight is 271 g/mol. The van der Waals surface area contributed by atoms with Crippen LogP contribution >= 0.6 is 0 Å². The molecule has 3 heteroatoms. The summed E-state index contributed by atoms with van der Waals surface area (Å²) in [6, 6.07) is 15.9. The van der Waals surface area contributed by atoms with Gasteiger partial charge in [-0.2, -0.15) is 0 Å². The smallest absolute Gasteiger partial charge is 0.257 e. The highest BCUT2D eigenvalue weighted by Gasteiger charge is 2.18. The molecule has 0 unspecified atom stereocenters. The molecule has 1 amide bonds. The lowest BCUT2D eigenvalue weighted by Gasteiger charge is -2.22. The Bertz CT molecular complexity index is 568. The number of nitrogens with zero attached hydrogens (tertiary/aromatic N) is 1. The van der Waals surface area contributed by atoms with Gasteiger partial charge < -0.3 is 4.90 Å². The molecule has 0 atom stereocenters. The van der Waals surface area contributed by atoms with Gasteiger partial charge in [-0.1, -0.05) is 49.4 Å². The first-order valence-corrected chi connectivity index (χ1v) is 6.80. The van der Waals surface area contributed by atoms with Crippen molar-refractivity contribution >= 4 is 5.91 Å². The third-order valence-corrected chi connectivity index (χ3v) is 3.10. The fourth-order valence-electron chi connectivity index (χ4n) is 2.13. The SMILES string of the molecule is CCCN(Cc1ccccc1)C(=O)c1ccccc1F. The van der Waals surface area contributed by atoms with Gasteiger partial charge in [-0.25, -0.2) is 4.39 Å². The molecule has 0 aromatic heterocycles. The zero-order chi connectivity index (χ0) is 14.4. The Hall–Kier alpha value is -2.16. The summed E-state index contributed by atoms with van der Waals surface area (Å²) < 4.78 is 13.7. The van der Waals surface area contributed by atoms with E-state index in [4.69, 9.17) is 0 Å². The summed E-state index contributed by atoms with van der Waals surface area (Å²) >= 11 is 0. The summed E-state index contributed by atoms with van der Waals surface area (Å²) in [4.78, 5) is 14.1. The second-order valence-electron chi connectivity index (χ2n) is 4.69. The van der Waals surface area contributed by atoms with Crippen molar-refractivity contribution in [2.45, 2.75) is 19.9 Å². The average Bonchev–Trinajstić information content (AvgIpc) is 2.48. The number of amides is 1. The second-order valence-corrected chi connectivity index (χ2v) is 4.69. The molecule has 0 aliphatic carbocycles. The Morgan fingerprint density at radius 3 is 2.35 bits per heavy atom. The minimum atomic E-state index is -0.466. The summed E-state index contributed by atoms with van der Waals surface area (Å²) in [7, 11) is 0. The van der Waals surface area contributed by atoms with E-state index in [1.165, 1.54) is 12.1 Å². The molecule has 20 heavy (non-hydrogen) atoms. The van der Waals surface area contributed by atoms with Gasteiger partial charge in [-0.15, -0.1) is 0 Å². The summed E-state index contributed by atoms with van der Waals surface area (Å²) in [5, 5.41) is 0. The number of carbonyl (C=O) groups excluding carboxylic acids is 1. The van der Waals surface area contributed by atoms with E-state index in [0.29, 0.717) is 13.1 Å². The Morgan fingerprint density at radius 2 is 1.70 bits per heavy atom. The van der Waals surface area contributed by atoms with Gasteiger partial charge in [-0.3, -0.25) is 4.79 Å². The largest absolute Gasteiger partial charge is 0.334 e. The Balaban J connectivity index is 2.20. The third kappa shape index (κ3) is 3.44. The fourth-order valence-corrected chi connectivity index (χ4v) is 2.13. The molecule has 2 aromatic rings. The summed E-state index contributed by atoms with van der Waals surface area (Å²) in [6.45, 7) is 3.12. The van der Waals surface area contributed by atoms with Gasteiger partial charge in [0.15, 0.2) is 0 Å². The second kappa shape index (κ2) is 6.85. The van der Waals surface area contributed by atoms with Crippen molar-refractivity contribution in [2.24, 2.45) is 0 Å². The van der Waals surface area contributed by atoms with E-state index in [1.807, 2.05) is 37.3 Å². The highest BCUT2D eigenvalue weighted by molar-refractivity contribution is 5.94. The normalized spacial score (nSPS) is 10.3. The van der Waals surface area contributed by atoms with E-state index in [1.54, 1.807) is 17.0 Å². The van der Waals surface area contributed by atoms with E-state index >= 15 is 0 Å². The molecule has 0 aliphatic rings. The van der Waals surface area contributed by atoms with Crippen molar-refractivity contribution < 1.29 is 9.18 Å². The highest BCUT2D eigenvalue weighted by atomic mass is 19.1. The van der Waals surface area contributed by atoms with Crippen LogP contribution in [0.15, 0.2) is 54.6 Å². The lowest BCUT2D eigenvalue weighted by Crippen LogP contribution is -2.31. The first-order valence-electron chi connectivity index (χ1n) is 6.80. The van der Waals surface area contributed by atoms with Crippen LogP contribution in [0.3, 0.4) is 0 Å². The van der Waals surface area contributed by atoms with Crippen molar-refractivity contribution in [3.8, 4) is 0 Å². The van der Waals surface area contributed by atoms with Crippen molar-refractivity contribution in [3.63, 3.8) is 0 Å². The van der Waals surface area contributed by atoms with Gasteiger partial charge in [0.05, 0.1) is 5.56 Å². The monoisotopic (exact) mass is 271 g/mol. The summed E-state index contributed by atoms with van der Waals surface area (Å²) in [5.74, 6) is -0.722. The first-order chi connectivity index (χ1) is 9.72. The van der Waals surface area contributed by atoms with E-state index in [0.717, 1.165) is 12.0 Å². The molecule has 2 nitrogen and oxygen atoms in total. The van der Waals surface area contributed by atoms with Gasteiger partial charge >= 0.3 is 0 Å². The quantitative estimate of drug-likeness (QED) is 0.808. The van der Waals surface area contributed by atoms with Gasteiger partial charge in [0.25, 0.3) is 5.91 Å². The van der Waals surface area contributed by atoms with Crippen LogP contribution in [0.2, 0.25) is 0 Å². The predicted octanol–water partition coefficient (Wildman–Crippen LogP) is 3.88. The molecular weight excluding hydrogens is 253 g/mol. The molecule has 0 aliphatic heterocycles. The van der Waals surface area contributed by atoms with Crippen molar-refractivity contribution in [1.29, 1.82) is 0 Å². The Morgan fingerprint density at radius 1 is 1.05 bits per heavy atom. The Kier molecular flexibility index (Phi) is 4.88. The maximum absolute atomic E-state index is 13.7. The van der Waals surface area contributed by atoms with Crippen LogP contribution in [0.4, 0.5) is 4.39 Å². The van der Waals surface area contributed by atoms with E-state index < -0.39 is 5.82 Å². The van der Waals surface area contributed by atoms with Gasteiger partial charge in [0.2, 0.25) is 0 Å². The lowest BCUT2D eigenvalue weighted by molar-refractivity contribution is 0.0738. The summed E-state index contributed by atoms with van der Waals surface area (Å²) in [5.41, 5.74) is 1.18. The molecule has 0 N–H and O–H groups in total. The van der Waals surface area contributed by atoms with Crippen molar-refractivity contribution in [3.05, 3.63) is 71.5 Å². The maximum atomic E-state index is 13.7. The van der Waals surface area contributed by atoms with E-state index in [9.17, 15) is 9.18 Å². The molecule has 0 spiro atoms. The van der Waals surface area contributed by atoms with Gasteiger partial charge in [0, 0.05) is 13.1 Å². The van der Waals surface area contributed by atoms with Crippen LogP contribution in [0.5, 0.6) is 0 Å². The van der Waals surface area contributed by atoms with Crippen LogP contribution in [-0.2, 0) is 6.54 Å². The van der Waals surface area contributed by atoms with E-state index in [-0.39, 0.29) is 11.5 Å². The van der Waals surface area contributed by atoms with E-state index in [2.05, 4.69) is 0 Å². The summed E-state index contributed by atoms with van der Waals surface area (Å²) in [6.07, 6.45) is 0.840. The Labute approximate surface area is 118 Å². The number of hydrogen-bond donors (Lipinski definition) is 0. The van der Waals surface area contributed by atoms with Crippen LogP contribution < -0.4 is 0 Å². The molecule has 0 radical (unpaired) electrons. The molecule has 0 saturated carbocycles. The predicted molar refractivity (Wildman–Crippen MR) is 77.9 cm³/mol. The first kappa shape index (κ1) is 14.3. The third-order valence-electron chi connectivity index (χ3n) is 3.10. The van der Waals surface area contributed by atoms with Crippen LogP contribution in [0.25, 0.3) is 0 Å². The maximum Gasteiger partial charge on any atom is 0.257 e. The molecule has 0 saturated heterocycles. The molecule has 0 heterocycles. The minimum Gasteiger partial charge on any atom is -0.334 e. The number of rotatable bonds is 5. The molecular formula is C17H18FNO. The number of hydrogen-bond acceptors (Lipinski definition) is 1. The van der Waals surface area contributed by atoms with Crippen LogP contribution in [-0.4, -0.2) is 17.4 Å². The number of halogens is 1. The molecule has 2 aromatic carbocycles. The van der Waals surface area contributed by atoms with Crippen LogP contribution in [0.1, 0.15) is 29.3 Å². The molecule has 0 fully saturated rings. The topological polar surface area (TPSA) is 20.3 Å². The standard InChI is InChI=1S/C17H18FNO/c1-2-12-19(13-14-8-4-3-5-9-14)17(20)15-10-6-7-11-16(15)18/h3-11H,2,12-13H2,1H3. The fraction of sp³-hybridized carbons (Fsp3) is 0.235. The van der Waals surface area contributed by atoms with Crippen molar-refractivity contribution in [1.82, 2.24) is 4.90 Å².